The number of nitrogens with one attached hydrogen (secondary N) is 1. The zero-order valence-corrected chi connectivity index (χ0v) is 9.76. The monoisotopic (exact) mass is 187 g/mol. The van der Waals surface area contributed by atoms with Crippen LogP contribution in [0.25, 0.3) is 0 Å². The number of hydrogen-bond acceptors (Lipinski definition) is 2. The molecule has 1 atom stereocenters. The quantitative estimate of drug-likeness (QED) is 0.661. The summed E-state index contributed by atoms with van der Waals surface area (Å²) >= 11 is 0. The predicted octanol–water partition coefficient (Wildman–Crippen LogP) is 2.44. The van der Waals surface area contributed by atoms with Crippen molar-refractivity contribution in [3.63, 3.8) is 0 Å². The molecule has 0 aromatic heterocycles. The van der Waals surface area contributed by atoms with Gasteiger partial charge in [-0.25, -0.2) is 0 Å². The molecule has 1 N–H and O–H groups in total. The van der Waals surface area contributed by atoms with Crippen LogP contribution in [0.4, 0.5) is 0 Å². The lowest BCUT2D eigenvalue weighted by atomic mass is 10.1. The summed E-state index contributed by atoms with van der Waals surface area (Å²) in [5.41, 5.74) is 0. The van der Waals surface area contributed by atoms with Crippen LogP contribution in [-0.2, 0) is 4.74 Å². The van der Waals surface area contributed by atoms with Gasteiger partial charge in [0.2, 0.25) is 0 Å². The summed E-state index contributed by atoms with van der Waals surface area (Å²) in [7, 11) is 0. The maximum atomic E-state index is 5.74. The lowest BCUT2D eigenvalue weighted by molar-refractivity contribution is 0.0222. The maximum absolute atomic E-state index is 5.74. The Morgan fingerprint density at radius 2 is 1.77 bits per heavy atom. The molecule has 0 heterocycles. The average molecular weight is 187 g/mol. The molecule has 80 valence electrons. The van der Waals surface area contributed by atoms with Gasteiger partial charge >= 0.3 is 0 Å². The molecule has 2 heteroatoms. The van der Waals surface area contributed by atoms with Crippen LogP contribution < -0.4 is 5.32 Å². The van der Waals surface area contributed by atoms with Gasteiger partial charge in [0.25, 0.3) is 0 Å². The van der Waals surface area contributed by atoms with E-state index in [4.69, 9.17) is 4.74 Å². The molecule has 0 aliphatic heterocycles. The molecule has 0 saturated carbocycles. The van der Waals surface area contributed by atoms with E-state index in [0.717, 1.165) is 19.6 Å². The minimum atomic E-state index is 0.363. The van der Waals surface area contributed by atoms with Gasteiger partial charge < -0.3 is 10.1 Å². The minimum absolute atomic E-state index is 0.363. The lowest BCUT2D eigenvalue weighted by Gasteiger charge is -2.23. The van der Waals surface area contributed by atoms with Crippen molar-refractivity contribution in [2.45, 2.75) is 53.2 Å². The van der Waals surface area contributed by atoms with Gasteiger partial charge in [-0.1, -0.05) is 34.6 Å². The zero-order chi connectivity index (χ0) is 10.3. The largest absolute Gasteiger partial charge is 0.377 e. The van der Waals surface area contributed by atoms with Crippen LogP contribution in [0.5, 0.6) is 0 Å². The molecular weight excluding hydrogens is 162 g/mol. The first kappa shape index (κ1) is 12.9. The Hall–Kier alpha value is -0.0800. The molecule has 1 unspecified atom stereocenters. The van der Waals surface area contributed by atoms with Crippen LogP contribution in [0.1, 0.15) is 41.0 Å². The zero-order valence-electron chi connectivity index (χ0n) is 9.76. The second-order valence-electron chi connectivity index (χ2n) is 4.22. The van der Waals surface area contributed by atoms with E-state index in [-0.39, 0.29) is 0 Å². The van der Waals surface area contributed by atoms with Crippen LogP contribution in [0.2, 0.25) is 0 Å². The number of ether oxygens (including phenoxy) is 1. The molecule has 0 aromatic carbocycles. The van der Waals surface area contributed by atoms with Gasteiger partial charge in [-0.2, -0.15) is 0 Å². The summed E-state index contributed by atoms with van der Waals surface area (Å²) < 4.78 is 5.74. The van der Waals surface area contributed by atoms with Crippen molar-refractivity contribution in [2.75, 3.05) is 13.2 Å². The number of rotatable bonds is 7. The normalized spacial score (nSPS) is 14.1. The van der Waals surface area contributed by atoms with Crippen molar-refractivity contribution in [3.8, 4) is 0 Å². The highest BCUT2D eigenvalue weighted by Gasteiger charge is 2.13. The fourth-order valence-electron chi connectivity index (χ4n) is 1.11. The van der Waals surface area contributed by atoms with E-state index in [0.29, 0.717) is 18.1 Å². The first-order valence-corrected chi connectivity index (χ1v) is 5.42. The third-order valence-corrected chi connectivity index (χ3v) is 2.01. The lowest BCUT2D eigenvalue weighted by Crippen LogP contribution is -2.36. The van der Waals surface area contributed by atoms with Gasteiger partial charge in [-0.05, 0) is 12.3 Å². The Labute approximate surface area is 83.1 Å². The summed E-state index contributed by atoms with van der Waals surface area (Å²) in [5.74, 6) is 0.595. The highest BCUT2D eigenvalue weighted by atomic mass is 16.5. The van der Waals surface area contributed by atoms with E-state index < -0.39 is 0 Å². The molecule has 0 radical (unpaired) electrons. The Morgan fingerprint density at radius 3 is 2.15 bits per heavy atom. The van der Waals surface area contributed by atoms with Gasteiger partial charge in [0.15, 0.2) is 0 Å². The second-order valence-corrected chi connectivity index (χ2v) is 4.22. The molecule has 0 spiro atoms. The van der Waals surface area contributed by atoms with Crippen molar-refractivity contribution in [1.29, 1.82) is 0 Å². The Bertz CT molecular complexity index is 113. The SMILES string of the molecule is CCCOC(CNC(C)C)C(C)C. The summed E-state index contributed by atoms with van der Waals surface area (Å²) in [5, 5.41) is 3.41. The van der Waals surface area contributed by atoms with Gasteiger partial charge in [0, 0.05) is 19.2 Å². The first-order valence-electron chi connectivity index (χ1n) is 5.42. The van der Waals surface area contributed by atoms with E-state index in [1.54, 1.807) is 0 Å². The smallest absolute Gasteiger partial charge is 0.0722 e. The average Bonchev–Trinajstić information content (AvgIpc) is 2.03. The molecule has 0 saturated heterocycles. The molecule has 2 nitrogen and oxygen atoms in total. The van der Waals surface area contributed by atoms with E-state index in [1.807, 2.05) is 0 Å². The van der Waals surface area contributed by atoms with E-state index in [1.165, 1.54) is 0 Å². The van der Waals surface area contributed by atoms with Crippen molar-refractivity contribution in [3.05, 3.63) is 0 Å². The third kappa shape index (κ3) is 7.03. The van der Waals surface area contributed by atoms with Gasteiger partial charge in [-0.3, -0.25) is 0 Å². The van der Waals surface area contributed by atoms with Crippen LogP contribution in [0.3, 0.4) is 0 Å². The van der Waals surface area contributed by atoms with Crippen molar-refractivity contribution < 1.29 is 4.74 Å². The van der Waals surface area contributed by atoms with Crippen molar-refractivity contribution in [1.82, 2.24) is 5.32 Å². The third-order valence-electron chi connectivity index (χ3n) is 2.01. The fourth-order valence-corrected chi connectivity index (χ4v) is 1.11. The van der Waals surface area contributed by atoms with Crippen LogP contribution in [-0.4, -0.2) is 25.3 Å². The fraction of sp³-hybridized carbons (Fsp3) is 1.00. The van der Waals surface area contributed by atoms with Gasteiger partial charge in [0.1, 0.15) is 0 Å². The minimum Gasteiger partial charge on any atom is -0.377 e. The van der Waals surface area contributed by atoms with Crippen molar-refractivity contribution in [2.24, 2.45) is 5.92 Å². The summed E-state index contributed by atoms with van der Waals surface area (Å²) in [6.07, 6.45) is 1.47. The summed E-state index contributed by atoms with van der Waals surface area (Å²) in [6, 6.07) is 0.548. The molecule has 0 bridgehead atoms. The predicted molar refractivity (Wildman–Crippen MR) is 58.0 cm³/mol. The second kappa shape index (κ2) is 7.34. The van der Waals surface area contributed by atoms with Gasteiger partial charge in [-0.15, -0.1) is 0 Å². The Morgan fingerprint density at radius 1 is 1.15 bits per heavy atom. The van der Waals surface area contributed by atoms with E-state index in [9.17, 15) is 0 Å². The molecule has 0 amide bonds. The molecule has 0 fully saturated rings. The molecule has 0 aromatic rings. The van der Waals surface area contributed by atoms with Gasteiger partial charge in [0.05, 0.1) is 6.10 Å². The number of hydrogen-bond donors (Lipinski definition) is 1. The standard InChI is InChI=1S/C11H25NO/c1-6-7-13-11(9(2)3)8-12-10(4)5/h9-12H,6-8H2,1-5H3. The molecule has 13 heavy (non-hydrogen) atoms. The maximum Gasteiger partial charge on any atom is 0.0722 e. The topological polar surface area (TPSA) is 21.3 Å². The summed E-state index contributed by atoms with van der Waals surface area (Å²) in [6.45, 7) is 12.7. The molecule has 0 rings (SSSR count). The first-order chi connectivity index (χ1) is 6.07. The summed E-state index contributed by atoms with van der Waals surface area (Å²) in [4.78, 5) is 0. The highest BCUT2D eigenvalue weighted by molar-refractivity contribution is 4.67. The van der Waals surface area contributed by atoms with Crippen LogP contribution >= 0.6 is 0 Å². The van der Waals surface area contributed by atoms with Crippen molar-refractivity contribution >= 4 is 0 Å². The molecular formula is C11H25NO. The van der Waals surface area contributed by atoms with E-state index >= 15 is 0 Å². The highest BCUT2D eigenvalue weighted by Crippen LogP contribution is 2.06. The van der Waals surface area contributed by atoms with E-state index in [2.05, 4.69) is 39.9 Å². The molecule has 0 aliphatic carbocycles. The Kier molecular flexibility index (Phi) is 7.29. The Balaban J connectivity index is 3.67. The van der Waals surface area contributed by atoms with Crippen LogP contribution in [0, 0.1) is 5.92 Å². The molecule has 0 aliphatic rings. The van der Waals surface area contributed by atoms with Crippen LogP contribution in [0.15, 0.2) is 0 Å².